The molecule has 0 fully saturated rings. The second kappa shape index (κ2) is 12.6. The van der Waals surface area contributed by atoms with Crippen LogP contribution in [0.5, 0.6) is 0 Å². The maximum Gasteiger partial charge on any atom is 0.147 e. The minimum atomic E-state index is -2.50. The standard InChI is InChI=1S/C26H23N2O.C12H10N.Ir/c1-16-15-28-22(13-18(16)14-26(2,3)4)21-9-5-8-19-20-11-10-17-7-6-12-27-23(17)25(20)29-24(19)21;1-10-7-8-12(13-9-10)11-5-3-2-4-6-11;/h5-8,10-13,15H,14H2,1-4H3;2-5,7-9H,1H3;/q2*-1;/i1D3,14D2;1D3;. The molecule has 43 heavy (non-hydrogen) atoms. The maximum atomic E-state index is 8.79. The summed E-state index contributed by atoms with van der Waals surface area (Å²) in [5, 5.41) is 2.72. The molecule has 4 aromatic heterocycles. The number of hydrogen-bond donors (Lipinski definition) is 0. The molecule has 4 nitrogen and oxygen atoms in total. The summed E-state index contributed by atoms with van der Waals surface area (Å²) in [6.45, 7) is 0.660. The van der Waals surface area contributed by atoms with Crippen molar-refractivity contribution in [2.45, 2.75) is 40.8 Å². The fraction of sp³-hybridized carbons (Fsp3) is 0.184. The fourth-order valence-corrected chi connectivity index (χ4v) is 4.73. The van der Waals surface area contributed by atoms with Crippen LogP contribution in [-0.2, 0) is 26.5 Å². The number of furan rings is 1. The molecule has 3 aromatic carbocycles. The number of nitrogens with zero attached hydrogens (tertiary/aromatic N) is 3. The molecule has 0 saturated heterocycles. The van der Waals surface area contributed by atoms with Gasteiger partial charge in [-0.05, 0) is 54.1 Å². The van der Waals surface area contributed by atoms with E-state index >= 15 is 0 Å². The van der Waals surface area contributed by atoms with Crippen LogP contribution < -0.4 is 0 Å². The first kappa shape index (κ1) is 21.5. The van der Waals surface area contributed by atoms with E-state index in [0.29, 0.717) is 22.4 Å². The summed E-state index contributed by atoms with van der Waals surface area (Å²) in [6.07, 6.45) is 2.45. The van der Waals surface area contributed by atoms with Crippen molar-refractivity contribution in [1.29, 1.82) is 0 Å². The van der Waals surface area contributed by atoms with E-state index in [2.05, 4.69) is 27.1 Å². The Kier molecular flexibility index (Phi) is 6.29. The Hall–Kier alpha value is -4.18. The van der Waals surface area contributed by atoms with Gasteiger partial charge in [0.1, 0.15) is 11.1 Å². The SMILES string of the molecule is [2H]C([2H])([2H])c1ccc(-c2[c-]cccc2)nc1.[2H]C([2H])([2H])c1cnc(-c2[c-]ccc3c2oc2c3ccc3cccnc32)cc1C([2H])([2H])C(C)(C)C.[Ir]. The van der Waals surface area contributed by atoms with Crippen molar-refractivity contribution < 1.29 is 35.5 Å². The first-order valence-electron chi connectivity index (χ1n) is 17.5. The minimum absolute atomic E-state index is 0. The number of aromatic nitrogens is 3. The van der Waals surface area contributed by atoms with Gasteiger partial charge in [-0.1, -0.05) is 73.7 Å². The molecule has 1 radical (unpaired) electrons. The summed E-state index contributed by atoms with van der Waals surface area (Å²) >= 11 is 0. The number of benzene rings is 3. The van der Waals surface area contributed by atoms with Crippen LogP contribution in [0.25, 0.3) is 55.4 Å². The molecule has 0 aliphatic heterocycles. The van der Waals surface area contributed by atoms with Crippen LogP contribution in [0, 0.1) is 31.3 Å². The summed E-state index contributed by atoms with van der Waals surface area (Å²) in [5.41, 5.74) is 3.90. The molecule has 0 aliphatic rings. The molecular formula is C38H33IrN3O-2. The van der Waals surface area contributed by atoms with Crippen LogP contribution in [0.3, 0.4) is 0 Å². The molecule has 217 valence electrons. The molecule has 4 heterocycles. The summed E-state index contributed by atoms with van der Waals surface area (Å²) in [6, 6.07) is 30.0. The second-order valence-corrected chi connectivity index (χ2v) is 10.9. The van der Waals surface area contributed by atoms with Crippen LogP contribution in [-0.4, -0.2) is 15.0 Å². The van der Waals surface area contributed by atoms with Crippen molar-refractivity contribution in [3.05, 3.63) is 126 Å². The molecule has 5 heteroatoms. The van der Waals surface area contributed by atoms with Gasteiger partial charge in [0.25, 0.3) is 0 Å². The van der Waals surface area contributed by atoms with Gasteiger partial charge in [-0.15, -0.1) is 54.1 Å². The first-order valence-corrected chi connectivity index (χ1v) is 13.5. The van der Waals surface area contributed by atoms with Crippen molar-refractivity contribution in [2.24, 2.45) is 5.41 Å². The van der Waals surface area contributed by atoms with E-state index in [9.17, 15) is 0 Å². The maximum absolute atomic E-state index is 8.79. The fourth-order valence-electron chi connectivity index (χ4n) is 4.73. The third-order valence-electron chi connectivity index (χ3n) is 6.59. The van der Waals surface area contributed by atoms with Crippen LogP contribution in [0.15, 0.2) is 102 Å². The molecule has 0 amide bonds. The number of rotatable bonds is 3. The first-order chi connectivity index (χ1) is 23.5. The molecule has 0 spiro atoms. The molecule has 7 aromatic rings. The Balaban J connectivity index is 0.000000249. The van der Waals surface area contributed by atoms with Gasteiger partial charge in [0.15, 0.2) is 0 Å². The zero-order valence-electron chi connectivity index (χ0n) is 31.8. The van der Waals surface area contributed by atoms with Crippen molar-refractivity contribution >= 4 is 32.8 Å². The van der Waals surface area contributed by atoms with E-state index < -0.39 is 25.5 Å². The van der Waals surface area contributed by atoms with Crippen LogP contribution in [0.4, 0.5) is 0 Å². The van der Waals surface area contributed by atoms with E-state index in [0.717, 1.165) is 32.9 Å². The number of aryl methyl sites for hydroxylation is 2. The average molecular weight is 748 g/mol. The van der Waals surface area contributed by atoms with E-state index in [1.54, 1.807) is 51.2 Å². The van der Waals surface area contributed by atoms with Gasteiger partial charge in [-0.25, -0.2) is 0 Å². The molecule has 7 rings (SSSR count). The molecule has 0 saturated carbocycles. The smallest absolute Gasteiger partial charge is 0.147 e. The van der Waals surface area contributed by atoms with Crippen molar-refractivity contribution in [2.75, 3.05) is 0 Å². The van der Waals surface area contributed by atoms with Gasteiger partial charge in [0.05, 0.1) is 5.58 Å². The van der Waals surface area contributed by atoms with E-state index in [4.69, 9.17) is 15.4 Å². The van der Waals surface area contributed by atoms with E-state index in [-0.39, 0.29) is 36.8 Å². The average Bonchev–Trinajstić information content (AvgIpc) is 3.47. The zero-order chi connectivity index (χ0) is 36.1. The summed E-state index contributed by atoms with van der Waals surface area (Å²) < 4.78 is 69.4. The predicted octanol–water partition coefficient (Wildman–Crippen LogP) is 9.75. The predicted molar refractivity (Wildman–Crippen MR) is 172 cm³/mol. The largest absolute Gasteiger partial charge is 0.498 e. The molecule has 0 aliphatic carbocycles. The summed E-state index contributed by atoms with van der Waals surface area (Å²) in [7, 11) is 0. The molecule has 0 bridgehead atoms. The van der Waals surface area contributed by atoms with Crippen molar-refractivity contribution in [1.82, 2.24) is 15.0 Å². The third kappa shape index (κ3) is 6.59. The van der Waals surface area contributed by atoms with Crippen LogP contribution >= 0.6 is 0 Å². The van der Waals surface area contributed by atoms with Gasteiger partial charge in [-0.2, -0.15) is 0 Å². The number of fused-ring (bicyclic) bond motifs is 5. The van der Waals surface area contributed by atoms with Gasteiger partial charge in [-0.3, -0.25) is 4.98 Å². The summed E-state index contributed by atoms with van der Waals surface area (Å²) in [4.78, 5) is 13.0. The van der Waals surface area contributed by atoms with Gasteiger partial charge < -0.3 is 14.4 Å². The second-order valence-electron chi connectivity index (χ2n) is 10.9. The number of pyridine rings is 3. The van der Waals surface area contributed by atoms with Gasteiger partial charge in [0.2, 0.25) is 0 Å². The molecule has 0 atom stereocenters. The normalized spacial score (nSPS) is 15.0. The Morgan fingerprint density at radius 3 is 2.42 bits per heavy atom. The van der Waals surface area contributed by atoms with Gasteiger partial charge >= 0.3 is 0 Å². The Bertz CT molecular complexity index is 2310. The van der Waals surface area contributed by atoms with Crippen LogP contribution in [0.2, 0.25) is 0 Å². The Morgan fingerprint density at radius 2 is 1.67 bits per heavy atom. The van der Waals surface area contributed by atoms with E-state index in [1.807, 2.05) is 48.5 Å². The van der Waals surface area contributed by atoms with Crippen LogP contribution in [0.1, 0.15) is 48.4 Å². The third-order valence-corrected chi connectivity index (χ3v) is 6.59. The Morgan fingerprint density at radius 1 is 0.814 bits per heavy atom. The molecule has 0 unspecified atom stereocenters. The quantitative estimate of drug-likeness (QED) is 0.169. The van der Waals surface area contributed by atoms with Gasteiger partial charge in [0, 0.05) is 60.4 Å². The van der Waals surface area contributed by atoms with Crippen molar-refractivity contribution in [3.63, 3.8) is 0 Å². The Labute approximate surface area is 277 Å². The number of hydrogen-bond acceptors (Lipinski definition) is 4. The molecular weight excluding hydrogens is 707 g/mol. The minimum Gasteiger partial charge on any atom is -0.498 e. The zero-order valence-corrected chi connectivity index (χ0v) is 26.2. The summed E-state index contributed by atoms with van der Waals surface area (Å²) in [5.74, 6) is 0. The topological polar surface area (TPSA) is 51.8 Å². The monoisotopic (exact) mass is 748 g/mol. The van der Waals surface area contributed by atoms with Crippen molar-refractivity contribution in [3.8, 4) is 22.5 Å². The molecule has 0 N–H and O–H groups in total. The van der Waals surface area contributed by atoms with E-state index in [1.165, 1.54) is 18.5 Å².